The lowest BCUT2D eigenvalue weighted by Crippen LogP contribution is -2.65. The van der Waals surface area contributed by atoms with E-state index < -0.39 is 177 Å². The van der Waals surface area contributed by atoms with Crippen LogP contribution in [-0.4, -0.2) is 238 Å². The van der Waals surface area contributed by atoms with Gasteiger partial charge in [0.2, 0.25) is 0 Å². The second-order valence-corrected chi connectivity index (χ2v) is 22.5. The zero-order valence-corrected chi connectivity index (χ0v) is 43.2. The Morgan fingerprint density at radius 2 is 1.07 bits per heavy atom. The summed E-state index contributed by atoms with van der Waals surface area (Å²) >= 11 is 0. The van der Waals surface area contributed by atoms with Crippen LogP contribution in [0.2, 0.25) is 0 Å². The predicted molar refractivity (Wildman–Crippen MR) is 250 cm³/mol. The van der Waals surface area contributed by atoms with Crippen LogP contribution in [0.25, 0.3) is 0 Å². The number of hydrogen-bond acceptors (Lipinski definition) is 23. The molecule has 0 spiro atoms. The highest BCUT2D eigenvalue weighted by Crippen LogP contribution is 2.63. The molecular formula is C50H84O23. The summed E-state index contributed by atoms with van der Waals surface area (Å²) in [5, 5.41) is 140. The van der Waals surface area contributed by atoms with Crippen molar-refractivity contribution in [2.45, 2.75) is 260 Å². The van der Waals surface area contributed by atoms with Gasteiger partial charge in [0.15, 0.2) is 31.5 Å². The van der Waals surface area contributed by atoms with Crippen LogP contribution in [-0.2, 0) is 47.4 Å². The molecule has 7 aliphatic rings. The average Bonchev–Trinajstić information content (AvgIpc) is 3.35. The summed E-state index contributed by atoms with van der Waals surface area (Å²) in [7, 11) is 0. The summed E-state index contributed by atoms with van der Waals surface area (Å²) in [4.78, 5) is 0. The van der Waals surface area contributed by atoms with E-state index in [1.165, 1.54) is 13.8 Å². The van der Waals surface area contributed by atoms with Gasteiger partial charge in [-0.05, 0) is 90.9 Å². The molecule has 7 rings (SSSR count). The van der Waals surface area contributed by atoms with Gasteiger partial charge in [-0.1, -0.05) is 38.5 Å². The van der Waals surface area contributed by atoms with Crippen LogP contribution >= 0.6 is 0 Å². The molecule has 23 nitrogen and oxygen atoms in total. The summed E-state index contributed by atoms with van der Waals surface area (Å²) in [6.07, 6.45) is -30.1. The average molecular weight is 1050 g/mol. The molecule has 5 aliphatic heterocycles. The number of ether oxygens (including phenoxy) is 10. The third kappa shape index (κ3) is 11.4. The fraction of sp³-hybridized carbons (Fsp3) is 0.920. The fourth-order valence-electron chi connectivity index (χ4n) is 12.2. The van der Waals surface area contributed by atoms with Crippen LogP contribution < -0.4 is 0 Å². The maximum Gasteiger partial charge on any atom is 0.187 e. The molecular weight excluding hydrogens is 969 g/mol. The third-order valence-electron chi connectivity index (χ3n) is 17.8. The van der Waals surface area contributed by atoms with Crippen molar-refractivity contribution in [3.05, 3.63) is 24.3 Å². The van der Waals surface area contributed by atoms with Gasteiger partial charge in [-0.15, -0.1) is 6.58 Å². The maximum absolute atomic E-state index is 12.0. The van der Waals surface area contributed by atoms with E-state index in [-0.39, 0.29) is 17.3 Å². The van der Waals surface area contributed by atoms with Gasteiger partial charge < -0.3 is 114 Å². The smallest absolute Gasteiger partial charge is 0.187 e. The summed E-state index contributed by atoms with van der Waals surface area (Å²) in [5.41, 5.74) is -1.04. The van der Waals surface area contributed by atoms with E-state index in [0.717, 1.165) is 18.4 Å². The molecule has 31 atom stereocenters. The monoisotopic (exact) mass is 1050 g/mol. The van der Waals surface area contributed by atoms with Crippen molar-refractivity contribution < 1.29 is 114 Å². The van der Waals surface area contributed by atoms with Gasteiger partial charge in [-0.25, -0.2) is 0 Å². The Labute approximate surface area is 426 Å². The van der Waals surface area contributed by atoms with Crippen molar-refractivity contribution in [3.8, 4) is 0 Å². The van der Waals surface area contributed by atoms with E-state index in [1.54, 1.807) is 19.9 Å². The lowest BCUT2D eigenvalue weighted by atomic mass is 9.45. The molecule has 0 bridgehead atoms. The van der Waals surface area contributed by atoms with E-state index in [0.29, 0.717) is 19.3 Å². The number of allylic oxidation sites excluding steroid dienone is 1. The highest BCUT2D eigenvalue weighted by Gasteiger charge is 2.61. The summed E-state index contributed by atoms with van der Waals surface area (Å²) in [6.45, 7) is 20.0. The molecule has 2 aliphatic carbocycles. The number of aliphatic hydroxyl groups excluding tert-OH is 13. The first-order chi connectivity index (χ1) is 34.1. The Morgan fingerprint density at radius 3 is 1.66 bits per heavy atom. The van der Waals surface area contributed by atoms with Gasteiger partial charge >= 0.3 is 0 Å². The van der Waals surface area contributed by atoms with Crippen molar-refractivity contribution in [3.63, 3.8) is 0 Å². The minimum absolute atomic E-state index is 0.00848. The molecule has 13 N–H and O–H groups in total. The maximum atomic E-state index is 12.0. The van der Waals surface area contributed by atoms with Gasteiger partial charge in [0.1, 0.15) is 97.7 Å². The molecule has 0 aromatic rings. The first-order valence-electron chi connectivity index (χ1n) is 25.8. The van der Waals surface area contributed by atoms with Crippen molar-refractivity contribution in [2.75, 3.05) is 6.61 Å². The molecule has 5 heterocycles. The van der Waals surface area contributed by atoms with Gasteiger partial charge in [0.25, 0.3) is 0 Å². The molecule has 23 heteroatoms. The SMILES string of the molecule is C=C[C@@](C)(CC[C@]1(C)[C@@H](C)C[C@@H](O[C@H]2O[C@H](C)[C@@H](O)[C@H](O[C@H]3O[C@@H](CO[C@H]4O[C@H](C)[C@@H](O)[C@H](O)[C@@H]4O)[C@H](O)[C@@H](O)[C@@H]3O)[C@@H]2O)[C@]2(C)C(C)=CCC[C@@H]12)O[C@H]1O[C@@H](C)[C@@H](O)[C@@H](O)[C@@H]1O[C@H]1O[C@H](C)[C@@H](O)[C@H](O)[C@@H]1O. The lowest BCUT2D eigenvalue weighted by Gasteiger charge is -2.61. The molecule has 0 amide bonds. The Morgan fingerprint density at radius 1 is 0.589 bits per heavy atom. The molecule has 422 valence electrons. The number of aliphatic hydroxyl groups is 13. The van der Waals surface area contributed by atoms with E-state index in [1.807, 2.05) is 6.92 Å². The first kappa shape index (κ1) is 59.2. The van der Waals surface area contributed by atoms with Crippen molar-refractivity contribution in [1.82, 2.24) is 0 Å². The highest BCUT2D eigenvalue weighted by molar-refractivity contribution is 5.24. The van der Waals surface area contributed by atoms with Crippen LogP contribution in [0.15, 0.2) is 24.3 Å². The van der Waals surface area contributed by atoms with E-state index in [4.69, 9.17) is 47.4 Å². The minimum atomic E-state index is -1.87. The molecule has 0 unspecified atom stereocenters. The zero-order chi connectivity index (χ0) is 54.0. The second kappa shape index (κ2) is 23.1. The van der Waals surface area contributed by atoms with Crippen LogP contribution in [0.4, 0.5) is 0 Å². The normalized spacial score (nSPS) is 53.7. The Bertz CT molecular complexity index is 1870. The standard InChI is InChI=1S/C50H84O23/c1-11-48(8,73-47-42(36(59)30(53)23(6)68-47)72-44-38(61)34(57)29(52)22(5)66-44)15-16-49(9)20(3)17-27(50(10)19(2)13-12-14-26(49)50)70-46-40(63)41(31(54)24(7)67-46)71-45-39(62)35(58)32(55)25(69-45)18-64-43-37(60)33(56)28(51)21(4)65-43/h11,13,20-47,51-63H,1,12,14-18H2,2-10H3/t20-,21+,22+,23-,24+,25-,26-,27+,28+,29+,30+,31+,32-,33-,34-,35+,36+,37-,38-,39-,40-,41-,42-,43-,44+,45+,46+,47+,48-,49+,50+/m0/s1. The topological polar surface area (TPSA) is 355 Å². The molecule has 5 saturated heterocycles. The largest absolute Gasteiger partial charge is 0.388 e. The summed E-state index contributed by atoms with van der Waals surface area (Å²) in [6, 6.07) is 0. The van der Waals surface area contributed by atoms with E-state index in [9.17, 15) is 66.4 Å². The predicted octanol–water partition coefficient (Wildman–Crippen LogP) is -2.30. The van der Waals surface area contributed by atoms with E-state index in [2.05, 4.69) is 40.3 Å². The Kier molecular flexibility index (Phi) is 18.7. The molecule has 1 saturated carbocycles. The van der Waals surface area contributed by atoms with Crippen LogP contribution in [0.3, 0.4) is 0 Å². The molecule has 0 aromatic carbocycles. The second-order valence-electron chi connectivity index (χ2n) is 22.5. The first-order valence-corrected chi connectivity index (χ1v) is 25.8. The van der Waals surface area contributed by atoms with E-state index >= 15 is 0 Å². The zero-order valence-electron chi connectivity index (χ0n) is 43.2. The molecule has 0 radical (unpaired) electrons. The molecule has 0 aromatic heterocycles. The number of rotatable bonds is 15. The molecule has 6 fully saturated rings. The van der Waals surface area contributed by atoms with Crippen molar-refractivity contribution in [1.29, 1.82) is 0 Å². The summed E-state index contributed by atoms with van der Waals surface area (Å²) in [5.74, 6) is -0.0283. The highest BCUT2D eigenvalue weighted by atomic mass is 16.8. The Balaban J connectivity index is 1.04. The Hall–Kier alpha value is -1.44. The summed E-state index contributed by atoms with van der Waals surface area (Å²) < 4.78 is 60.4. The van der Waals surface area contributed by atoms with Gasteiger partial charge in [0, 0.05) is 5.41 Å². The lowest BCUT2D eigenvalue weighted by molar-refractivity contribution is -0.371. The number of fused-ring (bicyclic) bond motifs is 1. The molecule has 73 heavy (non-hydrogen) atoms. The van der Waals surface area contributed by atoms with Gasteiger partial charge in [-0.3, -0.25) is 0 Å². The van der Waals surface area contributed by atoms with Crippen LogP contribution in [0.5, 0.6) is 0 Å². The van der Waals surface area contributed by atoms with Gasteiger partial charge in [0.05, 0.1) is 42.7 Å². The minimum Gasteiger partial charge on any atom is -0.388 e. The van der Waals surface area contributed by atoms with Crippen LogP contribution in [0, 0.1) is 22.7 Å². The van der Waals surface area contributed by atoms with Crippen molar-refractivity contribution >= 4 is 0 Å². The fourth-order valence-corrected chi connectivity index (χ4v) is 12.2. The number of hydrogen-bond donors (Lipinski definition) is 13. The van der Waals surface area contributed by atoms with Crippen LogP contribution in [0.1, 0.15) is 94.4 Å². The quantitative estimate of drug-likeness (QED) is 0.0768. The van der Waals surface area contributed by atoms with Gasteiger partial charge in [-0.2, -0.15) is 0 Å². The van der Waals surface area contributed by atoms with Crippen molar-refractivity contribution in [2.24, 2.45) is 22.7 Å². The third-order valence-corrected chi connectivity index (χ3v) is 17.8.